The van der Waals surface area contributed by atoms with Crippen molar-refractivity contribution in [1.82, 2.24) is 0 Å². The van der Waals surface area contributed by atoms with Crippen LogP contribution in [0, 0.1) is 5.92 Å². The molecule has 0 saturated heterocycles. The van der Waals surface area contributed by atoms with Crippen LogP contribution in [0.2, 0.25) is 0 Å². The highest BCUT2D eigenvalue weighted by atomic mass is 16.6. The highest BCUT2D eigenvalue weighted by Crippen LogP contribution is 2.43. The van der Waals surface area contributed by atoms with Crippen LogP contribution >= 0.6 is 0 Å². The summed E-state index contributed by atoms with van der Waals surface area (Å²) in [5.74, 6) is -0.129. The minimum absolute atomic E-state index is 0.140. The minimum Gasteiger partial charge on any atom is -0.456 e. The van der Waals surface area contributed by atoms with E-state index in [-0.39, 0.29) is 11.9 Å². The van der Waals surface area contributed by atoms with Gasteiger partial charge in [-0.25, -0.2) is 4.79 Å². The molecule has 0 bridgehead atoms. The molecule has 4 unspecified atom stereocenters. The summed E-state index contributed by atoms with van der Waals surface area (Å²) in [4.78, 5) is 11.9. The van der Waals surface area contributed by atoms with E-state index in [4.69, 9.17) is 4.74 Å². The van der Waals surface area contributed by atoms with Gasteiger partial charge in [0.2, 0.25) is 0 Å². The molecule has 0 amide bonds. The van der Waals surface area contributed by atoms with Crippen molar-refractivity contribution in [3.63, 3.8) is 0 Å². The van der Waals surface area contributed by atoms with Crippen molar-refractivity contribution < 1.29 is 19.7 Å². The van der Waals surface area contributed by atoms with Crippen LogP contribution in [0.5, 0.6) is 0 Å². The molecule has 4 heteroatoms. The average Bonchev–Trinajstić information content (AvgIpc) is 2.35. The van der Waals surface area contributed by atoms with Gasteiger partial charge in [-0.05, 0) is 38.5 Å². The van der Waals surface area contributed by atoms with Crippen LogP contribution in [-0.4, -0.2) is 34.5 Å². The van der Waals surface area contributed by atoms with E-state index in [0.717, 1.165) is 37.7 Å². The monoisotopic (exact) mass is 238 g/mol. The fourth-order valence-electron chi connectivity index (χ4n) is 3.43. The molecule has 3 aliphatic rings. The number of fused-ring (bicyclic) bond motifs is 2. The lowest BCUT2D eigenvalue weighted by Gasteiger charge is -2.43. The minimum atomic E-state index is -0.923. The van der Waals surface area contributed by atoms with Crippen molar-refractivity contribution in [2.45, 2.75) is 56.8 Å². The zero-order chi connectivity index (χ0) is 12.0. The molecule has 94 valence electrons. The van der Waals surface area contributed by atoms with E-state index in [1.165, 1.54) is 5.57 Å². The highest BCUT2D eigenvalue weighted by Gasteiger charge is 2.46. The van der Waals surface area contributed by atoms with Gasteiger partial charge in [0, 0.05) is 11.5 Å². The van der Waals surface area contributed by atoms with Crippen molar-refractivity contribution in [2.24, 2.45) is 5.92 Å². The molecule has 3 rings (SSSR count). The summed E-state index contributed by atoms with van der Waals surface area (Å²) in [5.41, 5.74) is 2.05. The normalized spacial score (nSPS) is 41.6. The maximum atomic E-state index is 11.9. The average molecular weight is 238 g/mol. The molecule has 0 spiro atoms. The maximum absolute atomic E-state index is 11.9. The van der Waals surface area contributed by atoms with Gasteiger partial charge in [0.25, 0.3) is 0 Å². The predicted molar refractivity (Wildman–Crippen MR) is 60.1 cm³/mol. The lowest BCUT2D eigenvalue weighted by atomic mass is 9.72. The fraction of sp³-hybridized carbons (Fsp3) is 0.769. The number of aliphatic hydroxyl groups excluding tert-OH is 2. The Balaban J connectivity index is 1.95. The van der Waals surface area contributed by atoms with E-state index in [1.807, 2.05) is 0 Å². The zero-order valence-corrected chi connectivity index (χ0v) is 9.76. The third-order valence-electron chi connectivity index (χ3n) is 4.35. The quantitative estimate of drug-likeness (QED) is 0.616. The lowest BCUT2D eigenvalue weighted by molar-refractivity contribution is -0.170. The Hall–Kier alpha value is -0.870. The van der Waals surface area contributed by atoms with Gasteiger partial charge in [-0.2, -0.15) is 0 Å². The molecule has 0 aromatic rings. The van der Waals surface area contributed by atoms with Gasteiger partial charge in [-0.1, -0.05) is 5.57 Å². The number of aliphatic hydroxyl groups is 2. The second kappa shape index (κ2) is 4.10. The first-order valence-corrected chi connectivity index (χ1v) is 6.47. The van der Waals surface area contributed by atoms with E-state index >= 15 is 0 Å². The molecule has 0 aromatic heterocycles. The van der Waals surface area contributed by atoms with Gasteiger partial charge in [0.1, 0.15) is 12.2 Å². The van der Waals surface area contributed by atoms with Gasteiger partial charge in [-0.15, -0.1) is 0 Å². The third-order valence-corrected chi connectivity index (χ3v) is 4.35. The molecular weight excluding hydrogens is 220 g/mol. The number of ether oxygens (including phenoxy) is 1. The van der Waals surface area contributed by atoms with Crippen LogP contribution in [-0.2, 0) is 9.53 Å². The van der Waals surface area contributed by atoms with Gasteiger partial charge < -0.3 is 14.9 Å². The molecule has 1 saturated carbocycles. The number of carbonyl (C=O) groups is 1. The Morgan fingerprint density at radius 2 is 1.88 bits per heavy atom. The molecule has 4 atom stereocenters. The van der Waals surface area contributed by atoms with Crippen molar-refractivity contribution in [3.05, 3.63) is 11.1 Å². The predicted octanol–water partition coefficient (Wildman–Crippen LogP) is 0.914. The Labute approximate surface area is 100 Å². The number of carbonyl (C=O) groups excluding carboxylic acids is 1. The molecule has 1 aliphatic heterocycles. The Morgan fingerprint density at radius 3 is 2.71 bits per heavy atom. The Morgan fingerprint density at radius 1 is 1.12 bits per heavy atom. The lowest BCUT2D eigenvalue weighted by Crippen LogP contribution is -2.51. The molecule has 4 nitrogen and oxygen atoms in total. The summed E-state index contributed by atoms with van der Waals surface area (Å²) in [6, 6.07) is 0. The molecule has 1 heterocycles. The number of hydrogen-bond donors (Lipinski definition) is 2. The summed E-state index contributed by atoms with van der Waals surface area (Å²) in [5, 5.41) is 19.6. The number of esters is 1. The first kappa shape index (κ1) is 11.2. The largest absolute Gasteiger partial charge is 0.456 e. The van der Waals surface area contributed by atoms with Gasteiger partial charge in [-0.3, -0.25) is 0 Å². The van der Waals surface area contributed by atoms with Gasteiger partial charge in [0.05, 0.1) is 6.10 Å². The smallest absolute Gasteiger partial charge is 0.334 e. The third kappa shape index (κ3) is 1.70. The topological polar surface area (TPSA) is 66.8 Å². The molecule has 0 aromatic carbocycles. The van der Waals surface area contributed by atoms with Crippen LogP contribution < -0.4 is 0 Å². The first-order chi connectivity index (χ1) is 8.18. The van der Waals surface area contributed by atoms with Crippen LogP contribution in [0.25, 0.3) is 0 Å². The summed E-state index contributed by atoms with van der Waals surface area (Å²) >= 11 is 0. The SMILES string of the molecule is O=C1OC2C(CCC(O)C2O)C2=C1CCCC2. The molecule has 2 aliphatic carbocycles. The molecular formula is C13H18O4. The van der Waals surface area contributed by atoms with E-state index in [0.29, 0.717) is 6.42 Å². The first-order valence-electron chi connectivity index (χ1n) is 6.47. The van der Waals surface area contributed by atoms with Crippen LogP contribution in [0.3, 0.4) is 0 Å². The van der Waals surface area contributed by atoms with E-state index in [1.54, 1.807) is 0 Å². The van der Waals surface area contributed by atoms with Crippen LogP contribution in [0.4, 0.5) is 0 Å². The summed E-state index contributed by atoms with van der Waals surface area (Å²) < 4.78 is 5.34. The Bertz CT molecular complexity index is 374. The van der Waals surface area contributed by atoms with E-state index in [2.05, 4.69) is 0 Å². The van der Waals surface area contributed by atoms with Crippen molar-refractivity contribution >= 4 is 5.97 Å². The fourth-order valence-corrected chi connectivity index (χ4v) is 3.43. The van der Waals surface area contributed by atoms with Crippen LogP contribution in [0.15, 0.2) is 11.1 Å². The highest BCUT2D eigenvalue weighted by molar-refractivity contribution is 5.90. The Kier molecular flexibility index (Phi) is 2.71. The van der Waals surface area contributed by atoms with Crippen molar-refractivity contribution in [3.8, 4) is 0 Å². The van der Waals surface area contributed by atoms with E-state index < -0.39 is 18.3 Å². The molecule has 17 heavy (non-hydrogen) atoms. The number of hydrogen-bond acceptors (Lipinski definition) is 4. The summed E-state index contributed by atoms with van der Waals surface area (Å²) in [6.07, 6.45) is 3.15. The standard InChI is InChI=1S/C13H18O4/c14-10-6-5-8-7-3-1-2-4-9(7)13(16)17-12(8)11(10)15/h8,10-12,14-15H,1-6H2. The van der Waals surface area contributed by atoms with Gasteiger partial charge >= 0.3 is 5.97 Å². The second-order valence-corrected chi connectivity index (χ2v) is 5.32. The second-order valence-electron chi connectivity index (χ2n) is 5.32. The number of rotatable bonds is 0. The molecule has 0 radical (unpaired) electrons. The van der Waals surface area contributed by atoms with E-state index in [9.17, 15) is 15.0 Å². The maximum Gasteiger partial charge on any atom is 0.334 e. The van der Waals surface area contributed by atoms with Crippen LogP contribution in [0.1, 0.15) is 38.5 Å². The summed E-state index contributed by atoms with van der Waals surface area (Å²) in [6.45, 7) is 0. The van der Waals surface area contributed by atoms with Crippen molar-refractivity contribution in [1.29, 1.82) is 0 Å². The van der Waals surface area contributed by atoms with Gasteiger partial charge in [0.15, 0.2) is 0 Å². The molecule has 1 fully saturated rings. The molecule has 2 N–H and O–H groups in total. The zero-order valence-electron chi connectivity index (χ0n) is 9.76. The van der Waals surface area contributed by atoms with Crippen molar-refractivity contribution in [2.75, 3.05) is 0 Å². The summed E-state index contributed by atoms with van der Waals surface area (Å²) in [7, 11) is 0.